The van der Waals surface area contributed by atoms with Crippen molar-refractivity contribution in [2.45, 2.75) is 31.8 Å². The number of nitrogens with two attached hydrogens (primary N) is 1. The highest BCUT2D eigenvalue weighted by atomic mass is 79.9. The van der Waals surface area contributed by atoms with E-state index in [4.69, 9.17) is 5.73 Å². The van der Waals surface area contributed by atoms with Crippen molar-refractivity contribution in [2.24, 2.45) is 5.73 Å². The summed E-state index contributed by atoms with van der Waals surface area (Å²) in [5.41, 5.74) is 7.40. The highest BCUT2D eigenvalue weighted by Crippen LogP contribution is 2.20. The maximum absolute atomic E-state index is 12.0. The molecule has 1 aromatic carbocycles. The van der Waals surface area contributed by atoms with Crippen LogP contribution in [0.3, 0.4) is 0 Å². The zero-order valence-electron chi connectivity index (χ0n) is 9.16. The topological polar surface area (TPSA) is 55.1 Å². The van der Waals surface area contributed by atoms with E-state index in [0.717, 1.165) is 28.4 Å². The molecule has 0 unspecified atom stereocenters. The standard InChI is InChI=1S/C12H15BrN2O/c1-7-2-3-8(13)4-11(7)12(16)15-10-5-9(14)6-10/h2-4,9-10H,5-6,14H2,1H3,(H,15,16). The molecule has 1 saturated carbocycles. The minimum atomic E-state index is -0.00398. The second-order valence-electron chi connectivity index (χ2n) is 4.36. The van der Waals surface area contributed by atoms with E-state index in [9.17, 15) is 4.79 Å². The number of halogens is 1. The lowest BCUT2D eigenvalue weighted by Crippen LogP contribution is -2.50. The predicted molar refractivity (Wildman–Crippen MR) is 67.3 cm³/mol. The third kappa shape index (κ3) is 2.44. The number of rotatable bonds is 2. The Labute approximate surface area is 104 Å². The van der Waals surface area contributed by atoms with Crippen LogP contribution in [-0.4, -0.2) is 18.0 Å². The third-order valence-corrected chi connectivity index (χ3v) is 3.45. The summed E-state index contributed by atoms with van der Waals surface area (Å²) in [5.74, 6) is -0.00398. The molecule has 3 N–H and O–H groups in total. The molecule has 1 aliphatic rings. The second kappa shape index (κ2) is 4.55. The summed E-state index contributed by atoms with van der Waals surface area (Å²) in [5, 5.41) is 2.99. The van der Waals surface area contributed by atoms with Crippen LogP contribution in [0.4, 0.5) is 0 Å². The minimum Gasteiger partial charge on any atom is -0.349 e. The van der Waals surface area contributed by atoms with Crippen molar-refractivity contribution in [1.82, 2.24) is 5.32 Å². The fourth-order valence-electron chi connectivity index (χ4n) is 1.88. The molecule has 0 aliphatic heterocycles. The molecule has 2 rings (SSSR count). The molecule has 1 aliphatic carbocycles. The predicted octanol–water partition coefficient (Wildman–Crippen LogP) is 1.98. The number of carbonyl (C=O) groups excluding carboxylic acids is 1. The Bertz CT molecular complexity index is 413. The normalized spacial score (nSPS) is 23.7. The monoisotopic (exact) mass is 282 g/mol. The van der Waals surface area contributed by atoms with Crippen molar-refractivity contribution in [2.75, 3.05) is 0 Å². The summed E-state index contributed by atoms with van der Waals surface area (Å²) >= 11 is 3.37. The molecular formula is C12H15BrN2O. The van der Waals surface area contributed by atoms with E-state index in [-0.39, 0.29) is 18.0 Å². The summed E-state index contributed by atoms with van der Waals surface area (Å²) in [6.07, 6.45) is 1.78. The fourth-order valence-corrected chi connectivity index (χ4v) is 2.24. The Hall–Kier alpha value is -0.870. The Morgan fingerprint density at radius 2 is 2.19 bits per heavy atom. The molecule has 0 atom stereocenters. The summed E-state index contributed by atoms with van der Waals surface area (Å²) in [7, 11) is 0. The van der Waals surface area contributed by atoms with Gasteiger partial charge in [0.25, 0.3) is 5.91 Å². The molecule has 16 heavy (non-hydrogen) atoms. The summed E-state index contributed by atoms with van der Waals surface area (Å²) in [6.45, 7) is 1.94. The van der Waals surface area contributed by atoms with Crippen molar-refractivity contribution in [3.8, 4) is 0 Å². The van der Waals surface area contributed by atoms with Crippen molar-refractivity contribution in [3.63, 3.8) is 0 Å². The molecule has 1 aromatic rings. The molecule has 0 saturated heterocycles. The molecule has 86 valence electrons. The van der Waals surface area contributed by atoms with Gasteiger partial charge in [0.2, 0.25) is 0 Å². The van der Waals surface area contributed by atoms with Crippen molar-refractivity contribution in [1.29, 1.82) is 0 Å². The van der Waals surface area contributed by atoms with Gasteiger partial charge in [0.05, 0.1) is 0 Å². The van der Waals surface area contributed by atoms with Crippen LogP contribution in [0.1, 0.15) is 28.8 Å². The number of benzene rings is 1. The van der Waals surface area contributed by atoms with Crippen LogP contribution < -0.4 is 11.1 Å². The molecule has 3 nitrogen and oxygen atoms in total. The van der Waals surface area contributed by atoms with Crippen LogP contribution in [0.25, 0.3) is 0 Å². The van der Waals surface area contributed by atoms with E-state index in [1.54, 1.807) is 0 Å². The van der Waals surface area contributed by atoms with E-state index < -0.39 is 0 Å². The summed E-state index contributed by atoms with van der Waals surface area (Å²) in [6, 6.07) is 6.23. The van der Waals surface area contributed by atoms with Gasteiger partial charge >= 0.3 is 0 Å². The van der Waals surface area contributed by atoms with Gasteiger partial charge in [0.1, 0.15) is 0 Å². The quantitative estimate of drug-likeness (QED) is 0.872. The average Bonchev–Trinajstić information content (AvgIpc) is 2.19. The SMILES string of the molecule is Cc1ccc(Br)cc1C(=O)NC1CC(N)C1. The van der Waals surface area contributed by atoms with Gasteiger partial charge in [-0.1, -0.05) is 22.0 Å². The molecule has 0 spiro atoms. The van der Waals surface area contributed by atoms with Crippen LogP contribution in [-0.2, 0) is 0 Å². The maximum atomic E-state index is 12.0. The lowest BCUT2D eigenvalue weighted by atomic mass is 9.87. The van der Waals surface area contributed by atoms with Gasteiger partial charge in [-0.15, -0.1) is 0 Å². The van der Waals surface area contributed by atoms with Gasteiger partial charge in [0.15, 0.2) is 0 Å². The van der Waals surface area contributed by atoms with Crippen LogP contribution >= 0.6 is 15.9 Å². The number of amides is 1. The van der Waals surface area contributed by atoms with Crippen molar-refractivity contribution in [3.05, 3.63) is 33.8 Å². The van der Waals surface area contributed by atoms with E-state index >= 15 is 0 Å². The lowest BCUT2D eigenvalue weighted by molar-refractivity contribution is 0.0909. The van der Waals surface area contributed by atoms with Gasteiger partial charge in [-0.2, -0.15) is 0 Å². The van der Waals surface area contributed by atoms with Gasteiger partial charge in [0, 0.05) is 22.1 Å². The Morgan fingerprint density at radius 3 is 2.81 bits per heavy atom. The van der Waals surface area contributed by atoms with Crippen LogP contribution in [0, 0.1) is 6.92 Å². The zero-order chi connectivity index (χ0) is 11.7. The maximum Gasteiger partial charge on any atom is 0.251 e. The first-order valence-corrected chi connectivity index (χ1v) is 6.18. The highest BCUT2D eigenvalue weighted by molar-refractivity contribution is 9.10. The van der Waals surface area contributed by atoms with E-state index in [1.165, 1.54) is 0 Å². The van der Waals surface area contributed by atoms with E-state index in [0.29, 0.717) is 0 Å². The molecule has 4 heteroatoms. The van der Waals surface area contributed by atoms with Gasteiger partial charge < -0.3 is 11.1 Å². The zero-order valence-corrected chi connectivity index (χ0v) is 10.8. The van der Waals surface area contributed by atoms with Gasteiger partial charge in [-0.25, -0.2) is 0 Å². The Balaban J connectivity index is 2.05. The van der Waals surface area contributed by atoms with Crippen LogP contribution in [0.5, 0.6) is 0 Å². The number of nitrogens with one attached hydrogen (secondary N) is 1. The first-order chi connectivity index (χ1) is 7.56. The fraction of sp³-hybridized carbons (Fsp3) is 0.417. The Kier molecular flexibility index (Phi) is 3.30. The molecule has 1 amide bonds. The number of hydrogen-bond donors (Lipinski definition) is 2. The number of carbonyl (C=O) groups is 1. The number of hydrogen-bond acceptors (Lipinski definition) is 2. The van der Waals surface area contributed by atoms with Gasteiger partial charge in [-0.3, -0.25) is 4.79 Å². The first-order valence-electron chi connectivity index (χ1n) is 5.39. The smallest absolute Gasteiger partial charge is 0.251 e. The lowest BCUT2D eigenvalue weighted by Gasteiger charge is -2.33. The van der Waals surface area contributed by atoms with Crippen LogP contribution in [0.2, 0.25) is 0 Å². The molecular weight excluding hydrogens is 268 g/mol. The molecule has 1 fully saturated rings. The second-order valence-corrected chi connectivity index (χ2v) is 5.28. The van der Waals surface area contributed by atoms with Gasteiger partial charge in [-0.05, 0) is 37.5 Å². The van der Waals surface area contributed by atoms with E-state index in [1.807, 2.05) is 25.1 Å². The largest absolute Gasteiger partial charge is 0.349 e. The molecule has 0 aromatic heterocycles. The first kappa shape index (κ1) is 11.6. The minimum absolute atomic E-state index is 0.00398. The summed E-state index contributed by atoms with van der Waals surface area (Å²) < 4.78 is 0.925. The van der Waals surface area contributed by atoms with Crippen molar-refractivity contribution >= 4 is 21.8 Å². The third-order valence-electron chi connectivity index (χ3n) is 2.95. The Morgan fingerprint density at radius 1 is 1.50 bits per heavy atom. The molecule has 0 radical (unpaired) electrons. The van der Waals surface area contributed by atoms with Crippen molar-refractivity contribution < 1.29 is 4.79 Å². The van der Waals surface area contributed by atoms with E-state index in [2.05, 4.69) is 21.2 Å². The molecule has 0 heterocycles. The average molecular weight is 283 g/mol. The molecule has 0 bridgehead atoms. The summed E-state index contributed by atoms with van der Waals surface area (Å²) in [4.78, 5) is 12.0. The number of aryl methyl sites for hydroxylation is 1. The van der Waals surface area contributed by atoms with Crippen LogP contribution in [0.15, 0.2) is 22.7 Å². The highest BCUT2D eigenvalue weighted by Gasteiger charge is 2.27.